The molecule has 2 saturated heterocycles. The third kappa shape index (κ3) is 5.01. The molecule has 27 heavy (non-hydrogen) atoms. The van der Waals surface area contributed by atoms with E-state index in [-0.39, 0.29) is 11.8 Å². The maximum Gasteiger partial charge on any atom is 0.253 e. The van der Waals surface area contributed by atoms with Crippen LogP contribution in [-0.4, -0.2) is 79.4 Å². The number of amides is 2. The van der Waals surface area contributed by atoms with Crippen LogP contribution >= 0.6 is 0 Å². The SMILES string of the molecule is COc1ccc(C(=O)N2CCN(CC(=O)N3CC(C)CC(C)C3)CC2)cc1. The van der Waals surface area contributed by atoms with Crippen molar-refractivity contribution in [1.29, 1.82) is 0 Å². The second-order valence-corrected chi connectivity index (χ2v) is 8.04. The number of methoxy groups -OCH3 is 1. The number of hydrogen-bond donors (Lipinski definition) is 0. The van der Waals surface area contributed by atoms with Crippen molar-refractivity contribution in [2.24, 2.45) is 11.8 Å². The topological polar surface area (TPSA) is 53.1 Å². The summed E-state index contributed by atoms with van der Waals surface area (Å²) in [6.45, 7) is 9.45. The predicted octanol–water partition coefficient (Wildman–Crippen LogP) is 1.96. The van der Waals surface area contributed by atoms with Gasteiger partial charge in [-0.2, -0.15) is 0 Å². The van der Waals surface area contributed by atoms with Crippen molar-refractivity contribution in [3.63, 3.8) is 0 Å². The smallest absolute Gasteiger partial charge is 0.253 e. The molecule has 2 aliphatic heterocycles. The number of carbonyl (C=O) groups is 2. The fourth-order valence-electron chi connectivity index (χ4n) is 4.18. The zero-order valence-electron chi connectivity index (χ0n) is 16.7. The standard InChI is InChI=1S/C21H31N3O3/c1-16-12-17(2)14-24(13-16)20(25)15-22-8-10-23(11-9-22)21(26)18-4-6-19(27-3)7-5-18/h4-7,16-17H,8-15H2,1-3H3. The molecule has 6 nitrogen and oxygen atoms in total. The lowest BCUT2D eigenvalue weighted by molar-refractivity contribution is -0.135. The van der Waals surface area contributed by atoms with E-state index in [0.29, 0.717) is 37.0 Å². The molecule has 2 unspecified atom stereocenters. The van der Waals surface area contributed by atoms with Crippen LogP contribution in [0.5, 0.6) is 5.75 Å². The maximum absolute atomic E-state index is 12.6. The second kappa shape index (κ2) is 8.74. The molecule has 2 aliphatic rings. The van der Waals surface area contributed by atoms with E-state index in [0.717, 1.165) is 31.9 Å². The van der Waals surface area contributed by atoms with E-state index >= 15 is 0 Å². The zero-order valence-corrected chi connectivity index (χ0v) is 16.7. The Labute approximate surface area is 162 Å². The molecule has 3 rings (SSSR count). The second-order valence-electron chi connectivity index (χ2n) is 8.04. The molecule has 1 aromatic rings. The first-order valence-corrected chi connectivity index (χ1v) is 9.89. The number of likely N-dealkylation sites (tertiary alicyclic amines) is 1. The van der Waals surface area contributed by atoms with E-state index in [1.807, 2.05) is 21.9 Å². The summed E-state index contributed by atoms with van der Waals surface area (Å²) in [5.41, 5.74) is 0.677. The number of nitrogens with zero attached hydrogens (tertiary/aromatic N) is 3. The molecule has 0 aliphatic carbocycles. The monoisotopic (exact) mass is 373 g/mol. The Hall–Kier alpha value is -2.08. The van der Waals surface area contributed by atoms with Crippen LogP contribution in [-0.2, 0) is 4.79 Å². The van der Waals surface area contributed by atoms with Crippen molar-refractivity contribution in [3.05, 3.63) is 29.8 Å². The lowest BCUT2D eigenvalue weighted by Crippen LogP contribution is -2.53. The summed E-state index contributed by atoms with van der Waals surface area (Å²) in [6.07, 6.45) is 1.20. The Morgan fingerprint density at radius 2 is 1.56 bits per heavy atom. The molecule has 2 amide bonds. The Morgan fingerprint density at radius 1 is 0.963 bits per heavy atom. The largest absolute Gasteiger partial charge is 0.497 e. The lowest BCUT2D eigenvalue weighted by atomic mass is 9.92. The summed E-state index contributed by atoms with van der Waals surface area (Å²) in [5, 5.41) is 0. The Kier molecular flexibility index (Phi) is 6.37. The van der Waals surface area contributed by atoms with E-state index in [1.54, 1.807) is 19.2 Å². The summed E-state index contributed by atoms with van der Waals surface area (Å²) >= 11 is 0. The number of piperazine rings is 1. The van der Waals surface area contributed by atoms with Crippen LogP contribution in [0.4, 0.5) is 0 Å². The van der Waals surface area contributed by atoms with Gasteiger partial charge in [-0.1, -0.05) is 13.8 Å². The zero-order chi connectivity index (χ0) is 19.4. The molecule has 0 radical (unpaired) electrons. The minimum absolute atomic E-state index is 0.0438. The molecule has 2 heterocycles. The number of rotatable bonds is 4. The highest BCUT2D eigenvalue weighted by atomic mass is 16.5. The van der Waals surface area contributed by atoms with Crippen molar-refractivity contribution < 1.29 is 14.3 Å². The van der Waals surface area contributed by atoms with Crippen molar-refractivity contribution in [3.8, 4) is 5.75 Å². The normalized spacial score (nSPS) is 24.0. The van der Waals surface area contributed by atoms with Crippen LogP contribution in [0, 0.1) is 11.8 Å². The van der Waals surface area contributed by atoms with Gasteiger partial charge >= 0.3 is 0 Å². The third-order valence-electron chi connectivity index (χ3n) is 5.58. The van der Waals surface area contributed by atoms with Crippen LogP contribution in [0.15, 0.2) is 24.3 Å². The number of carbonyl (C=O) groups excluding carboxylic acids is 2. The molecule has 6 heteroatoms. The van der Waals surface area contributed by atoms with Crippen molar-refractivity contribution in [1.82, 2.24) is 14.7 Å². The molecule has 148 valence electrons. The molecule has 0 spiro atoms. The van der Waals surface area contributed by atoms with Crippen LogP contribution in [0.3, 0.4) is 0 Å². The summed E-state index contributed by atoms with van der Waals surface area (Å²) in [6, 6.07) is 7.22. The van der Waals surface area contributed by atoms with Gasteiger partial charge < -0.3 is 14.5 Å². The van der Waals surface area contributed by atoms with Gasteiger partial charge in [0.15, 0.2) is 0 Å². The summed E-state index contributed by atoms with van der Waals surface area (Å²) < 4.78 is 5.14. The van der Waals surface area contributed by atoms with E-state index in [1.165, 1.54) is 6.42 Å². The minimum atomic E-state index is 0.0438. The van der Waals surface area contributed by atoms with E-state index < -0.39 is 0 Å². The average molecular weight is 373 g/mol. The molecule has 0 N–H and O–H groups in total. The molecular weight excluding hydrogens is 342 g/mol. The first-order valence-electron chi connectivity index (χ1n) is 9.89. The van der Waals surface area contributed by atoms with Crippen LogP contribution < -0.4 is 4.74 Å². The van der Waals surface area contributed by atoms with Gasteiger partial charge in [0.05, 0.1) is 13.7 Å². The maximum atomic E-state index is 12.6. The lowest BCUT2D eigenvalue weighted by Gasteiger charge is -2.38. The van der Waals surface area contributed by atoms with Crippen LogP contribution in [0.1, 0.15) is 30.6 Å². The molecule has 2 fully saturated rings. The van der Waals surface area contributed by atoms with E-state index in [4.69, 9.17) is 4.74 Å². The highest BCUT2D eigenvalue weighted by Gasteiger charge is 2.28. The van der Waals surface area contributed by atoms with Crippen molar-refractivity contribution >= 4 is 11.8 Å². The summed E-state index contributed by atoms with van der Waals surface area (Å²) in [4.78, 5) is 31.3. The molecule has 2 atom stereocenters. The van der Waals surface area contributed by atoms with E-state index in [2.05, 4.69) is 18.7 Å². The first kappa shape index (κ1) is 19.7. The summed E-state index contributed by atoms with van der Waals surface area (Å²) in [7, 11) is 1.61. The van der Waals surface area contributed by atoms with Gasteiger partial charge in [0.2, 0.25) is 5.91 Å². The number of benzene rings is 1. The Bertz CT molecular complexity index is 643. The van der Waals surface area contributed by atoms with Crippen LogP contribution in [0.2, 0.25) is 0 Å². The minimum Gasteiger partial charge on any atom is -0.497 e. The molecule has 0 bridgehead atoms. The molecule has 0 saturated carbocycles. The quantitative estimate of drug-likeness (QED) is 0.810. The number of hydrogen-bond acceptors (Lipinski definition) is 4. The fraction of sp³-hybridized carbons (Fsp3) is 0.619. The predicted molar refractivity (Wildman–Crippen MR) is 105 cm³/mol. The average Bonchev–Trinajstić information content (AvgIpc) is 2.67. The van der Waals surface area contributed by atoms with Gasteiger partial charge in [0.25, 0.3) is 5.91 Å². The van der Waals surface area contributed by atoms with Gasteiger partial charge in [-0.25, -0.2) is 0 Å². The molecular formula is C21H31N3O3. The molecule has 0 aromatic heterocycles. The van der Waals surface area contributed by atoms with Gasteiger partial charge in [0, 0.05) is 44.8 Å². The third-order valence-corrected chi connectivity index (χ3v) is 5.58. The van der Waals surface area contributed by atoms with Crippen molar-refractivity contribution in [2.45, 2.75) is 20.3 Å². The van der Waals surface area contributed by atoms with Crippen LogP contribution in [0.25, 0.3) is 0 Å². The fourth-order valence-corrected chi connectivity index (χ4v) is 4.18. The van der Waals surface area contributed by atoms with Gasteiger partial charge in [-0.3, -0.25) is 14.5 Å². The number of piperidine rings is 1. The first-order chi connectivity index (χ1) is 13.0. The van der Waals surface area contributed by atoms with Gasteiger partial charge in [-0.05, 0) is 42.5 Å². The highest BCUT2D eigenvalue weighted by Crippen LogP contribution is 2.21. The Morgan fingerprint density at radius 3 is 2.11 bits per heavy atom. The van der Waals surface area contributed by atoms with Crippen molar-refractivity contribution in [2.75, 3.05) is 52.9 Å². The highest BCUT2D eigenvalue weighted by molar-refractivity contribution is 5.94. The number of ether oxygens (including phenoxy) is 1. The Balaban J connectivity index is 1.48. The van der Waals surface area contributed by atoms with Gasteiger partial charge in [-0.15, -0.1) is 0 Å². The molecule has 1 aromatic carbocycles. The van der Waals surface area contributed by atoms with E-state index in [9.17, 15) is 9.59 Å². The van der Waals surface area contributed by atoms with Gasteiger partial charge in [0.1, 0.15) is 5.75 Å². The summed E-state index contributed by atoms with van der Waals surface area (Å²) in [5.74, 6) is 2.18.